The molecule has 4 aromatic carbocycles. The predicted molar refractivity (Wildman–Crippen MR) is 119 cm³/mol. The van der Waals surface area contributed by atoms with Crippen molar-refractivity contribution in [2.75, 3.05) is 0 Å². The normalized spacial score (nSPS) is 13.4. The van der Waals surface area contributed by atoms with Gasteiger partial charge >= 0.3 is 0 Å². The minimum absolute atomic E-state index is 0.00876. The summed E-state index contributed by atoms with van der Waals surface area (Å²) in [5.41, 5.74) is 4.98. The highest BCUT2D eigenvalue weighted by molar-refractivity contribution is 5.73. The van der Waals surface area contributed by atoms with Crippen LogP contribution >= 0.6 is 0 Å². The minimum atomic E-state index is -1.57. The fraction of sp³-hybridized carbons (Fsp3) is 0.143. The van der Waals surface area contributed by atoms with Crippen molar-refractivity contribution in [3.8, 4) is 33.4 Å². The van der Waals surface area contributed by atoms with Gasteiger partial charge in [0.25, 0.3) is 0 Å². The lowest BCUT2D eigenvalue weighted by Gasteiger charge is -2.09. The Balaban J connectivity index is 1.37. The van der Waals surface area contributed by atoms with Gasteiger partial charge in [-0.2, -0.15) is 0 Å². The Kier molecular flexibility index (Phi) is 5.30. The van der Waals surface area contributed by atoms with Crippen LogP contribution in [-0.2, 0) is 6.42 Å². The Morgan fingerprint density at radius 3 is 1.53 bits per heavy atom. The average molecular weight is 432 g/mol. The smallest absolute Gasteiger partial charge is 0.194 e. The van der Waals surface area contributed by atoms with Crippen molar-refractivity contribution in [1.29, 1.82) is 0 Å². The molecule has 1 fully saturated rings. The fourth-order valence-electron chi connectivity index (χ4n) is 3.98. The zero-order valence-corrected chi connectivity index (χ0v) is 17.2. The van der Waals surface area contributed by atoms with Crippen LogP contribution in [0.4, 0.5) is 17.6 Å². The Morgan fingerprint density at radius 1 is 0.531 bits per heavy atom. The van der Waals surface area contributed by atoms with Crippen LogP contribution in [-0.4, -0.2) is 0 Å². The van der Waals surface area contributed by atoms with Gasteiger partial charge in [-0.3, -0.25) is 0 Å². The van der Waals surface area contributed by atoms with E-state index in [4.69, 9.17) is 0 Å². The quantitative estimate of drug-likeness (QED) is 0.220. The first kappa shape index (κ1) is 20.5. The standard InChI is InChI=1S/C28H20F4/c29-25-14-22(11-12-24(25)23-15-26(30)28(32)27(31)16-23)21-9-7-20(8-10-21)19-5-3-18(4-6-19)13-17-1-2-17/h3-12,14-17H,1-2,13H2. The van der Waals surface area contributed by atoms with Crippen LogP contribution in [0.1, 0.15) is 18.4 Å². The molecule has 1 aliphatic rings. The highest BCUT2D eigenvalue weighted by Gasteiger charge is 2.21. The summed E-state index contributed by atoms with van der Waals surface area (Å²) < 4.78 is 55.0. The molecule has 0 radical (unpaired) electrons. The van der Waals surface area contributed by atoms with E-state index in [-0.39, 0.29) is 11.1 Å². The molecule has 1 aliphatic carbocycles. The van der Waals surface area contributed by atoms with Crippen molar-refractivity contribution in [2.24, 2.45) is 5.92 Å². The van der Waals surface area contributed by atoms with Crippen molar-refractivity contribution in [2.45, 2.75) is 19.3 Å². The number of rotatable bonds is 5. The molecule has 0 saturated heterocycles. The highest BCUT2D eigenvalue weighted by Crippen LogP contribution is 2.34. The summed E-state index contributed by atoms with van der Waals surface area (Å²) in [5.74, 6) is -4.04. The van der Waals surface area contributed by atoms with E-state index < -0.39 is 23.3 Å². The van der Waals surface area contributed by atoms with Crippen molar-refractivity contribution < 1.29 is 17.6 Å². The Bertz CT molecular complexity index is 1250. The largest absolute Gasteiger partial charge is 0.206 e. The van der Waals surface area contributed by atoms with E-state index in [1.54, 1.807) is 6.07 Å². The molecule has 0 unspecified atom stereocenters. The van der Waals surface area contributed by atoms with E-state index in [1.165, 1.54) is 30.5 Å². The minimum Gasteiger partial charge on any atom is -0.206 e. The van der Waals surface area contributed by atoms with Gasteiger partial charge in [0.2, 0.25) is 0 Å². The third kappa shape index (κ3) is 4.18. The monoisotopic (exact) mass is 432 g/mol. The molecular weight excluding hydrogens is 412 g/mol. The Hall–Kier alpha value is -3.40. The molecule has 5 rings (SSSR count). The van der Waals surface area contributed by atoms with Crippen LogP contribution in [0.2, 0.25) is 0 Å². The summed E-state index contributed by atoms with van der Waals surface area (Å²) in [5, 5.41) is 0. The van der Waals surface area contributed by atoms with E-state index >= 15 is 0 Å². The van der Waals surface area contributed by atoms with Crippen molar-refractivity contribution >= 4 is 0 Å². The molecule has 0 N–H and O–H groups in total. The number of hydrogen-bond donors (Lipinski definition) is 0. The van der Waals surface area contributed by atoms with Crippen LogP contribution in [0.25, 0.3) is 33.4 Å². The summed E-state index contributed by atoms with van der Waals surface area (Å²) in [6.45, 7) is 0. The first-order valence-corrected chi connectivity index (χ1v) is 10.6. The van der Waals surface area contributed by atoms with Gasteiger partial charge in [-0.1, -0.05) is 60.7 Å². The van der Waals surface area contributed by atoms with E-state index in [2.05, 4.69) is 24.3 Å². The lowest BCUT2D eigenvalue weighted by molar-refractivity contribution is 0.447. The molecular formula is C28H20F4. The van der Waals surface area contributed by atoms with Crippen LogP contribution in [0.3, 0.4) is 0 Å². The van der Waals surface area contributed by atoms with Gasteiger partial charge in [-0.15, -0.1) is 0 Å². The van der Waals surface area contributed by atoms with Gasteiger partial charge in [0.1, 0.15) is 5.82 Å². The molecule has 160 valence electrons. The Morgan fingerprint density at radius 2 is 1.00 bits per heavy atom. The van der Waals surface area contributed by atoms with Crippen molar-refractivity contribution in [3.63, 3.8) is 0 Å². The summed E-state index contributed by atoms with van der Waals surface area (Å²) >= 11 is 0. The molecule has 32 heavy (non-hydrogen) atoms. The van der Waals surface area contributed by atoms with Gasteiger partial charge in [0, 0.05) is 5.56 Å². The number of hydrogen-bond acceptors (Lipinski definition) is 0. The second-order valence-corrected chi connectivity index (χ2v) is 8.37. The topological polar surface area (TPSA) is 0 Å². The van der Waals surface area contributed by atoms with Crippen molar-refractivity contribution in [3.05, 3.63) is 108 Å². The molecule has 0 nitrogen and oxygen atoms in total. The number of benzene rings is 4. The second kappa shape index (κ2) is 8.27. The maximum atomic E-state index is 14.7. The average Bonchev–Trinajstić information content (AvgIpc) is 3.62. The summed E-state index contributed by atoms with van der Waals surface area (Å²) in [7, 11) is 0. The lowest BCUT2D eigenvalue weighted by atomic mass is 9.97. The third-order valence-corrected chi connectivity index (χ3v) is 5.99. The molecule has 0 aliphatic heterocycles. The van der Waals surface area contributed by atoms with Crippen LogP contribution in [0.15, 0.2) is 78.9 Å². The first-order chi connectivity index (χ1) is 15.5. The molecule has 1 saturated carbocycles. The molecule has 0 heterocycles. The zero-order valence-electron chi connectivity index (χ0n) is 17.2. The van der Waals surface area contributed by atoms with E-state index in [9.17, 15) is 17.6 Å². The fourth-order valence-corrected chi connectivity index (χ4v) is 3.98. The maximum Gasteiger partial charge on any atom is 0.194 e. The molecule has 4 aromatic rings. The van der Waals surface area contributed by atoms with Gasteiger partial charge < -0.3 is 0 Å². The second-order valence-electron chi connectivity index (χ2n) is 8.37. The lowest BCUT2D eigenvalue weighted by Crippen LogP contribution is -1.94. The summed E-state index contributed by atoms with van der Waals surface area (Å²) in [6.07, 6.45) is 3.82. The summed E-state index contributed by atoms with van der Waals surface area (Å²) in [4.78, 5) is 0. The predicted octanol–water partition coefficient (Wildman–Crippen LogP) is 8.20. The molecule has 0 aromatic heterocycles. The first-order valence-electron chi connectivity index (χ1n) is 10.6. The summed E-state index contributed by atoms with van der Waals surface area (Å²) in [6, 6.07) is 22.4. The Labute approximate surface area is 184 Å². The van der Waals surface area contributed by atoms with Crippen molar-refractivity contribution in [1.82, 2.24) is 0 Å². The molecule has 0 spiro atoms. The highest BCUT2D eigenvalue weighted by atomic mass is 19.2. The maximum absolute atomic E-state index is 14.7. The van der Waals surface area contributed by atoms with Crippen LogP contribution < -0.4 is 0 Å². The number of halogens is 4. The SMILES string of the molecule is Fc1cc(-c2ccc(-c3ccc(CC4CC4)cc3)cc2)ccc1-c1cc(F)c(F)c(F)c1. The molecule has 0 atom stereocenters. The van der Waals surface area contributed by atoms with Crippen LogP contribution in [0.5, 0.6) is 0 Å². The van der Waals surface area contributed by atoms with Gasteiger partial charge in [-0.25, -0.2) is 17.6 Å². The van der Waals surface area contributed by atoms with Gasteiger partial charge in [0.05, 0.1) is 0 Å². The third-order valence-electron chi connectivity index (χ3n) is 5.99. The zero-order chi connectivity index (χ0) is 22.2. The molecule has 0 amide bonds. The van der Waals surface area contributed by atoms with Gasteiger partial charge in [-0.05, 0) is 76.8 Å². The van der Waals surface area contributed by atoms with Gasteiger partial charge in [0.15, 0.2) is 17.5 Å². The molecule has 0 bridgehead atoms. The van der Waals surface area contributed by atoms with E-state index in [1.807, 2.05) is 24.3 Å². The molecule has 4 heteroatoms. The van der Waals surface area contributed by atoms with E-state index in [0.717, 1.165) is 41.2 Å². The van der Waals surface area contributed by atoms with E-state index in [0.29, 0.717) is 5.56 Å². The van der Waals surface area contributed by atoms with Crippen LogP contribution in [0, 0.1) is 29.2 Å².